The fourth-order valence-corrected chi connectivity index (χ4v) is 5.00. The van der Waals surface area contributed by atoms with Crippen molar-refractivity contribution in [2.45, 2.75) is 31.8 Å². The number of nitrogens with zero attached hydrogens (tertiary/aromatic N) is 2. The molecule has 0 aliphatic heterocycles. The Morgan fingerprint density at radius 1 is 1.00 bits per heavy atom. The molecule has 8 heteroatoms. The van der Waals surface area contributed by atoms with Crippen LogP contribution in [-0.4, -0.2) is 45.7 Å². The maximum Gasteiger partial charge on any atom is 0.256 e. The summed E-state index contributed by atoms with van der Waals surface area (Å²) >= 11 is 12.3. The van der Waals surface area contributed by atoms with Crippen LogP contribution in [0.3, 0.4) is 0 Å². The lowest BCUT2D eigenvalue weighted by molar-refractivity contribution is -0.132. The van der Waals surface area contributed by atoms with Gasteiger partial charge in [-0.2, -0.15) is 0 Å². The van der Waals surface area contributed by atoms with Crippen LogP contribution in [-0.2, 0) is 17.8 Å². The molecule has 4 aromatic rings. The van der Waals surface area contributed by atoms with E-state index in [2.05, 4.69) is 11.1 Å². The highest BCUT2D eigenvalue weighted by Gasteiger charge is 2.36. The van der Waals surface area contributed by atoms with Crippen molar-refractivity contribution < 1.29 is 14.0 Å². The fourth-order valence-electron chi connectivity index (χ4n) is 4.51. The Morgan fingerprint density at radius 3 is 2.49 bits per heavy atom. The molecule has 0 unspecified atom stereocenters. The minimum absolute atomic E-state index is 0.00415. The molecule has 3 aromatic carbocycles. The van der Waals surface area contributed by atoms with Gasteiger partial charge in [0.1, 0.15) is 12.4 Å². The number of aromatic nitrogens is 1. The number of fused-ring (bicyclic) bond motifs is 1. The second kappa shape index (κ2) is 11.0. The Bertz CT molecular complexity index is 1430. The number of carbonyl (C=O) groups excluding carboxylic acids is 2. The molecule has 1 N–H and O–H groups in total. The smallest absolute Gasteiger partial charge is 0.256 e. The Balaban J connectivity index is 1.36. The van der Waals surface area contributed by atoms with Gasteiger partial charge in [-0.25, -0.2) is 4.39 Å². The van der Waals surface area contributed by atoms with Crippen molar-refractivity contribution in [3.63, 3.8) is 0 Å². The average Bonchev–Trinajstić information content (AvgIpc) is 3.65. The summed E-state index contributed by atoms with van der Waals surface area (Å²) in [4.78, 5) is 33.7. The summed E-state index contributed by atoms with van der Waals surface area (Å²) in [5, 5.41) is 1.82. The maximum absolute atomic E-state index is 13.7. The summed E-state index contributed by atoms with van der Waals surface area (Å²) in [6.07, 6.45) is 4.29. The highest BCUT2D eigenvalue weighted by molar-refractivity contribution is 6.36. The van der Waals surface area contributed by atoms with E-state index in [4.69, 9.17) is 23.2 Å². The lowest BCUT2D eigenvalue weighted by Crippen LogP contribution is -2.44. The molecule has 0 radical (unpaired) electrons. The summed E-state index contributed by atoms with van der Waals surface area (Å²) in [6, 6.07) is 18.9. The van der Waals surface area contributed by atoms with Crippen molar-refractivity contribution in [3.8, 4) is 0 Å². The molecule has 5 nitrogen and oxygen atoms in total. The van der Waals surface area contributed by atoms with Crippen LogP contribution < -0.4 is 0 Å². The first-order chi connectivity index (χ1) is 17.9. The second-order valence-electron chi connectivity index (χ2n) is 9.34. The Morgan fingerprint density at radius 2 is 1.76 bits per heavy atom. The van der Waals surface area contributed by atoms with Gasteiger partial charge in [-0.1, -0.05) is 53.5 Å². The molecular formula is C29H26Cl2FN3O2. The third-order valence-electron chi connectivity index (χ3n) is 6.68. The summed E-state index contributed by atoms with van der Waals surface area (Å²) in [5.74, 6) is -0.781. The van der Waals surface area contributed by atoms with E-state index >= 15 is 0 Å². The number of aromatic amines is 1. The SMILES string of the molecule is O=C(CN(C(=O)c1ccc(Cl)cc1Cl)C1CC1)N(CCc1c[nH]c2ccccc12)Cc1ccc(F)cc1. The highest BCUT2D eigenvalue weighted by atomic mass is 35.5. The van der Waals surface area contributed by atoms with Gasteiger partial charge in [0, 0.05) is 41.3 Å². The predicted octanol–water partition coefficient (Wildman–Crippen LogP) is 6.49. The predicted molar refractivity (Wildman–Crippen MR) is 144 cm³/mol. The second-order valence-corrected chi connectivity index (χ2v) is 10.2. The Labute approximate surface area is 224 Å². The van der Waals surface area contributed by atoms with E-state index in [1.807, 2.05) is 24.4 Å². The zero-order valence-corrected chi connectivity index (χ0v) is 21.6. The van der Waals surface area contributed by atoms with Crippen LogP contribution in [0.5, 0.6) is 0 Å². The monoisotopic (exact) mass is 537 g/mol. The van der Waals surface area contributed by atoms with Crippen molar-refractivity contribution >= 4 is 45.9 Å². The van der Waals surface area contributed by atoms with Crippen LogP contribution in [0.1, 0.15) is 34.3 Å². The van der Waals surface area contributed by atoms with E-state index in [0.717, 1.165) is 34.9 Å². The minimum Gasteiger partial charge on any atom is -0.361 e. The fraction of sp³-hybridized carbons (Fsp3) is 0.241. The van der Waals surface area contributed by atoms with Gasteiger partial charge in [0.15, 0.2) is 0 Å². The number of rotatable bonds is 9. The number of halogens is 3. The first-order valence-electron chi connectivity index (χ1n) is 12.2. The third kappa shape index (κ3) is 5.97. The lowest BCUT2D eigenvalue weighted by atomic mass is 10.1. The molecule has 5 rings (SSSR count). The zero-order valence-electron chi connectivity index (χ0n) is 20.1. The van der Waals surface area contributed by atoms with Gasteiger partial charge < -0.3 is 14.8 Å². The number of H-pyrrole nitrogens is 1. The van der Waals surface area contributed by atoms with Gasteiger partial charge in [0.05, 0.1) is 10.6 Å². The van der Waals surface area contributed by atoms with Crippen molar-refractivity contribution in [1.82, 2.24) is 14.8 Å². The number of carbonyl (C=O) groups is 2. The molecule has 0 bridgehead atoms. The molecule has 2 amide bonds. The molecule has 37 heavy (non-hydrogen) atoms. The Hall–Kier alpha value is -3.35. The van der Waals surface area contributed by atoms with E-state index in [9.17, 15) is 14.0 Å². The molecule has 0 spiro atoms. The van der Waals surface area contributed by atoms with E-state index in [1.165, 1.54) is 18.2 Å². The summed E-state index contributed by atoms with van der Waals surface area (Å²) < 4.78 is 13.5. The topological polar surface area (TPSA) is 56.4 Å². The van der Waals surface area contributed by atoms with Crippen LogP contribution in [0, 0.1) is 5.82 Å². The molecular weight excluding hydrogens is 512 g/mol. The van der Waals surface area contributed by atoms with Crippen molar-refractivity contribution in [1.29, 1.82) is 0 Å². The van der Waals surface area contributed by atoms with Gasteiger partial charge in [-0.15, -0.1) is 0 Å². The number of hydrogen-bond donors (Lipinski definition) is 1. The van der Waals surface area contributed by atoms with E-state index < -0.39 is 0 Å². The van der Waals surface area contributed by atoms with Gasteiger partial charge in [0.2, 0.25) is 5.91 Å². The van der Waals surface area contributed by atoms with E-state index in [0.29, 0.717) is 30.1 Å². The first-order valence-corrected chi connectivity index (χ1v) is 13.0. The standard InChI is InChI=1S/C29H26Cl2FN3O2/c30-21-7-12-25(26(31)15-21)29(37)35(23-10-11-23)18-28(36)34(17-19-5-8-22(32)9-6-19)14-13-20-16-33-27-4-2-1-3-24(20)27/h1-9,12,15-16,23,33H,10-11,13-14,17-18H2. The van der Waals surface area contributed by atoms with Crippen LogP contribution in [0.4, 0.5) is 4.39 Å². The molecule has 1 saturated carbocycles. The third-order valence-corrected chi connectivity index (χ3v) is 7.23. The number of nitrogens with one attached hydrogen (secondary N) is 1. The summed E-state index contributed by atoms with van der Waals surface area (Å²) in [6.45, 7) is 0.708. The minimum atomic E-state index is -0.328. The van der Waals surface area contributed by atoms with Gasteiger partial charge in [-0.3, -0.25) is 9.59 Å². The quantitative estimate of drug-likeness (QED) is 0.265. The van der Waals surface area contributed by atoms with Crippen molar-refractivity contribution in [2.75, 3.05) is 13.1 Å². The molecule has 1 fully saturated rings. The van der Waals surface area contributed by atoms with E-state index in [-0.39, 0.29) is 35.2 Å². The van der Waals surface area contributed by atoms with Gasteiger partial charge in [-0.05, 0) is 66.8 Å². The zero-order chi connectivity index (χ0) is 25.9. The average molecular weight is 538 g/mol. The molecule has 1 aromatic heterocycles. The number of para-hydroxylation sites is 1. The van der Waals surface area contributed by atoms with Crippen molar-refractivity contribution in [2.24, 2.45) is 0 Å². The molecule has 0 atom stereocenters. The molecule has 190 valence electrons. The molecule has 1 aliphatic rings. The molecule has 1 heterocycles. The summed E-state index contributed by atoms with van der Waals surface area (Å²) in [7, 11) is 0. The molecule has 1 aliphatic carbocycles. The van der Waals surface area contributed by atoms with Crippen LogP contribution >= 0.6 is 23.2 Å². The number of hydrogen-bond acceptors (Lipinski definition) is 2. The van der Waals surface area contributed by atoms with Gasteiger partial charge >= 0.3 is 0 Å². The van der Waals surface area contributed by atoms with Crippen molar-refractivity contribution in [3.05, 3.63) is 105 Å². The van der Waals surface area contributed by atoms with Crippen LogP contribution in [0.15, 0.2) is 72.9 Å². The van der Waals surface area contributed by atoms with Crippen LogP contribution in [0.2, 0.25) is 10.0 Å². The highest BCUT2D eigenvalue weighted by Crippen LogP contribution is 2.31. The van der Waals surface area contributed by atoms with Crippen LogP contribution in [0.25, 0.3) is 10.9 Å². The van der Waals surface area contributed by atoms with Gasteiger partial charge in [0.25, 0.3) is 5.91 Å². The maximum atomic E-state index is 13.7. The first kappa shape index (κ1) is 25.3. The summed E-state index contributed by atoms with van der Waals surface area (Å²) in [5.41, 5.74) is 3.29. The lowest BCUT2D eigenvalue weighted by Gasteiger charge is -2.28. The number of amides is 2. The number of benzene rings is 3. The largest absolute Gasteiger partial charge is 0.361 e. The Kier molecular flexibility index (Phi) is 7.49. The molecule has 0 saturated heterocycles. The van der Waals surface area contributed by atoms with E-state index in [1.54, 1.807) is 34.1 Å². The normalized spacial score (nSPS) is 13.1.